The number of aryl methyl sites for hydroxylation is 1. The second-order valence-electron chi connectivity index (χ2n) is 4.10. The highest BCUT2D eigenvalue weighted by molar-refractivity contribution is 7.71. The molecular formula is C12H14Cl2N4S. The van der Waals surface area contributed by atoms with Gasteiger partial charge < -0.3 is 5.43 Å². The summed E-state index contributed by atoms with van der Waals surface area (Å²) in [5.41, 5.74) is 4.17. The van der Waals surface area contributed by atoms with Gasteiger partial charge in [-0.1, -0.05) is 36.2 Å². The predicted molar refractivity (Wildman–Crippen MR) is 80.9 cm³/mol. The molecular weight excluding hydrogens is 303 g/mol. The summed E-state index contributed by atoms with van der Waals surface area (Å²) in [6.45, 7) is 2.65. The molecule has 0 unspecified atom stereocenters. The molecule has 0 amide bonds. The maximum atomic E-state index is 6.13. The second-order valence-corrected chi connectivity index (χ2v) is 5.33. The maximum absolute atomic E-state index is 6.13. The number of aromatic amines is 1. The molecule has 19 heavy (non-hydrogen) atoms. The van der Waals surface area contributed by atoms with Crippen molar-refractivity contribution in [3.8, 4) is 0 Å². The summed E-state index contributed by atoms with van der Waals surface area (Å²) in [6, 6.07) is 5.43. The molecule has 0 radical (unpaired) electrons. The van der Waals surface area contributed by atoms with E-state index in [0.717, 1.165) is 24.2 Å². The molecule has 0 aliphatic heterocycles. The fraction of sp³-hybridized carbons (Fsp3) is 0.333. The molecule has 0 spiro atoms. The van der Waals surface area contributed by atoms with E-state index in [1.165, 1.54) is 0 Å². The molecule has 1 aromatic carbocycles. The Hall–Kier alpha value is -1.04. The third kappa shape index (κ3) is 3.49. The first kappa shape index (κ1) is 14.4. The molecule has 102 valence electrons. The first-order valence-electron chi connectivity index (χ1n) is 5.96. The number of benzene rings is 1. The summed E-state index contributed by atoms with van der Waals surface area (Å²) in [5.74, 6) is 0.887. The lowest BCUT2D eigenvalue weighted by molar-refractivity contribution is 0.731. The average Bonchev–Trinajstić information content (AvgIpc) is 2.70. The third-order valence-corrected chi connectivity index (χ3v) is 3.52. The van der Waals surface area contributed by atoms with Crippen LogP contribution in [0.1, 0.15) is 24.7 Å². The lowest BCUT2D eigenvalue weighted by Crippen LogP contribution is -2.17. The fourth-order valence-electron chi connectivity index (χ4n) is 1.71. The van der Waals surface area contributed by atoms with Gasteiger partial charge in [0.2, 0.25) is 4.77 Å². The minimum atomic E-state index is 0.550. The number of H-pyrrole nitrogens is 1. The minimum Gasteiger partial charge on any atom is -0.318 e. The van der Waals surface area contributed by atoms with E-state index in [-0.39, 0.29) is 0 Å². The molecule has 1 heterocycles. The van der Waals surface area contributed by atoms with Gasteiger partial charge in [-0.3, -0.25) is 5.10 Å². The van der Waals surface area contributed by atoms with Crippen LogP contribution < -0.4 is 5.43 Å². The number of rotatable bonds is 5. The zero-order chi connectivity index (χ0) is 13.8. The van der Waals surface area contributed by atoms with Crippen molar-refractivity contribution < 1.29 is 0 Å². The van der Waals surface area contributed by atoms with E-state index in [9.17, 15) is 0 Å². The Labute approximate surface area is 126 Å². The van der Waals surface area contributed by atoms with Gasteiger partial charge in [0.05, 0.1) is 6.54 Å². The molecule has 2 rings (SSSR count). The number of nitrogens with one attached hydrogen (secondary N) is 2. The molecule has 0 aliphatic rings. The highest BCUT2D eigenvalue weighted by Gasteiger charge is 2.06. The summed E-state index contributed by atoms with van der Waals surface area (Å²) < 4.78 is 2.33. The number of nitrogens with zero attached hydrogens (tertiary/aromatic N) is 2. The summed E-state index contributed by atoms with van der Waals surface area (Å²) in [4.78, 5) is 0. The van der Waals surface area contributed by atoms with E-state index in [1.54, 1.807) is 10.7 Å². The highest BCUT2D eigenvalue weighted by atomic mass is 35.5. The van der Waals surface area contributed by atoms with E-state index >= 15 is 0 Å². The standard InChI is InChI=1S/C12H14Cl2N4S/c1-2-3-11-16-17-12(19)18(11)15-7-8-4-5-9(13)6-10(8)14/h4-6,15H,2-3,7H2,1H3,(H,17,19). The number of halogens is 2. The molecule has 0 fully saturated rings. The van der Waals surface area contributed by atoms with Gasteiger partial charge in [-0.2, -0.15) is 5.10 Å². The van der Waals surface area contributed by atoms with E-state index in [4.69, 9.17) is 35.4 Å². The van der Waals surface area contributed by atoms with Gasteiger partial charge in [0.25, 0.3) is 0 Å². The van der Waals surface area contributed by atoms with Crippen molar-refractivity contribution in [3.05, 3.63) is 44.4 Å². The van der Waals surface area contributed by atoms with Gasteiger partial charge in [-0.05, 0) is 36.3 Å². The Morgan fingerprint density at radius 3 is 2.89 bits per heavy atom. The van der Waals surface area contributed by atoms with Gasteiger partial charge in [0, 0.05) is 16.5 Å². The monoisotopic (exact) mass is 316 g/mol. The Kier molecular flexibility index (Phi) is 4.85. The van der Waals surface area contributed by atoms with E-state index in [1.807, 2.05) is 12.1 Å². The van der Waals surface area contributed by atoms with Gasteiger partial charge in [-0.15, -0.1) is 0 Å². The first-order chi connectivity index (χ1) is 9.11. The maximum Gasteiger partial charge on any atom is 0.214 e. The third-order valence-electron chi connectivity index (χ3n) is 2.66. The molecule has 0 aliphatic carbocycles. The van der Waals surface area contributed by atoms with Crippen LogP contribution in [0.15, 0.2) is 18.2 Å². The van der Waals surface area contributed by atoms with Crippen molar-refractivity contribution in [1.82, 2.24) is 14.9 Å². The van der Waals surface area contributed by atoms with Crippen molar-refractivity contribution in [3.63, 3.8) is 0 Å². The molecule has 4 nitrogen and oxygen atoms in total. The molecule has 0 atom stereocenters. The molecule has 0 saturated carbocycles. The Morgan fingerprint density at radius 1 is 1.42 bits per heavy atom. The van der Waals surface area contributed by atoms with E-state index in [2.05, 4.69) is 22.5 Å². The van der Waals surface area contributed by atoms with Crippen LogP contribution >= 0.6 is 35.4 Å². The van der Waals surface area contributed by atoms with Crippen LogP contribution in [0.4, 0.5) is 0 Å². The van der Waals surface area contributed by atoms with Gasteiger partial charge in [0.15, 0.2) is 5.82 Å². The van der Waals surface area contributed by atoms with Crippen LogP contribution in [0.3, 0.4) is 0 Å². The zero-order valence-electron chi connectivity index (χ0n) is 10.4. The topological polar surface area (TPSA) is 45.6 Å². The van der Waals surface area contributed by atoms with Crippen LogP contribution in [0.5, 0.6) is 0 Å². The van der Waals surface area contributed by atoms with Gasteiger partial charge in [-0.25, -0.2) is 4.68 Å². The van der Waals surface area contributed by atoms with Crippen molar-refractivity contribution >= 4 is 35.4 Å². The van der Waals surface area contributed by atoms with Crippen molar-refractivity contribution in [2.75, 3.05) is 5.43 Å². The van der Waals surface area contributed by atoms with Crippen LogP contribution in [0, 0.1) is 4.77 Å². The Balaban J connectivity index is 2.14. The van der Waals surface area contributed by atoms with Crippen molar-refractivity contribution in [1.29, 1.82) is 0 Å². The predicted octanol–water partition coefficient (Wildman–Crippen LogP) is 3.94. The van der Waals surface area contributed by atoms with Crippen LogP contribution in [-0.2, 0) is 13.0 Å². The minimum absolute atomic E-state index is 0.550. The Bertz CT molecular complexity index is 620. The summed E-state index contributed by atoms with van der Waals surface area (Å²) >= 11 is 17.2. The number of hydrogen-bond acceptors (Lipinski definition) is 3. The SMILES string of the molecule is CCCc1n[nH]c(=S)n1NCc1ccc(Cl)cc1Cl. The van der Waals surface area contributed by atoms with Crippen LogP contribution in [0.2, 0.25) is 10.0 Å². The molecule has 2 aromatic rings. The van der Waals surface area contributed by atoms with Gasteiger partial charge in [0.1, 0.15) is 0 Å². The van der Waals surface area contributed by atoms with Crippen molar-refractivity contribution in [2.45, 2.75) is 26.3 Å². The zero-order valence-corrected chi connectivity index (χ0v) is 12.7. The highest BCUT2D eigenvalue weighted by Crippen LogP contribution is 2.21. The lowest BCUT2D eigenvalue weighted by atomic mass is 10.2. The summed E-state index contributed by atoms with van der Waals surface area (Å²) in [5, 5.41) is 8.22. The number of aromatic nitrogens is 3. The quantitative estimate of drug-likeness (QED) is 0.821. The molecule has 2 N–H and O–H groups in total. The summed E-state index contributed by atoms with van der Waals surface area (Å²) in [6.07, 6.45) is 1.86. The first-order valence-corrected chi connectivity index (χ1v) is 7.12. The molecule has 1 aromatic heterocycles. The average molecular weight is 317 g/mol. The Morgan fingerprint density at radius 2 is 2.21 bits per heavy atom. The number of hydrogen-bond donors (Lipinski definition) is 2. The normalized spacial score (nSPS) is 10.7. The van der Waals surface area contributed by atoms with E-state index in [0.29, 0.717) is 21.4 Å². The smallest absolute Gasteiger partial charge is 0.214 e. The molecule has 7 heteroatoms. The van der Waals surface area contributed by atoms with Crippen LogP contribution in [-0.4, -0.2) is 14.9 Å². The van der Waals surface area contributed by atoms with E-state index < -0.39 is 0 Å². The van der Waals surface area contributed by atoms with Crippen LogP contribution in [0.25, 0.3) is 0 Å². The molecule has 0 saturated heterocycles. The molecule has 0 bridgehead atoms. The fourth-order valence-corrected chi connectivity index (χ4v) is 2.40. The van der Waals surface area contributed by atoms with Crippen molar-refractivity contribution in [2.24, 2.45) is 0 Å². The van der Waals surface area contributed by atoms with Gasteiger partial charge >= 0.3 is 0 Å². The summed E-state index contributed by atoms with van der Waals surface area (Å²) in [7, 11) is 0. The lowest BCUT2D eigenvalue weighted by Gasteiger charge is -2.11. The largest absolute Gasteiger partial charge is 0.318 e. The second kappa shape index (κ2) is 6.41.